The molecule has 0 saturated carbocycles. The molecular formula is C22H16FNO4S3. The molecular weight excluding hydrogens is 457 g/mol. The van der Waals surface area contributed by atoms with E-state index >= 15 is 0 Å². The standard InChI is InChI=1S/C22H16FNO4S3/c1-30(25,26)18-13-9-15(10-14-18)20-21(16-7-11-17(23)12-8-16)29-22(24-20)31(27,28)19-5-3-2-4-6-19/h2-14H,1H3. The molecule has 0 saturated heterocycles. The smallest absolute Gasteiger partial charge is 0.224 e. The summed E-state index contributed by atoms with van der Waals surface area (Å²) in [5, 5.41) is 0. The summed E-state index contributed by atoms with van der Waals surface area (Å²) in [5.41, 5.74) is 1.54. The molecule has 0 radical (unpaired) electrons. The number of hydrogen-bond donors (Lipinski definition) is 0. The van der Waals surface area contributed by atoms with E-state index in [1.54, 1.807) is 42.5 Å². The predicted molar refractivity (Wildman–Crippen MR) is 118 cm³/mol. The van der Waals surface area contributed by atoms with Crippen molar-refractivity contribution < 1.29 is 21.2 Å². The first-order chi connectivity index (χ1) is 14.7. The fraction of sp³-hybridized carbons (Fsp3) is 0.0455. The van der Waals surface area contributed by atoms with Gasteiger partial charge in [-0.2, -0.15) is 0 Å². The van der Waals surface area contributed by atoms with Gasteiger partial charge in [-0.15, -0.1) is 11.3 Å². The lowest BCUT2D eigenvalue weighted by atomic mass is 10.1. The van der Waals surface area contributed by atoms with Crippen molar-refractivity contribution in [2.45, 2.75) is 14.1 Å². The maximum atomic E-state index is 13.4. The van der Waals surface area contributed by atoms with E-state index in [0.717, 1.165) is 17.6 Å². The molecule has 3 aromatic carbocycles. The van der Waals surface area contributed by atoms with E-state index < -0.39 is 25.5 Å². The van der Waals surface area contributed by atoms with Gasteiger partial charge >= 0.3 is 0 Å². The number of halogens is 1. The van der Waals surface area contributed by atoms with Gasteiger partial charge in [0, 0.05) is 11.8 Å². The molecule has 9 heteroatoms. The van der Waals surface area contributed by atoms with Crippen LogP contribution < -0.4 is 0 Å². The Morgan fingerprint density at radius 3 is 1.90 bits per heavy atom. The van der Waals surface area contributed by atoms with Crippen molar-refractivity contribution in [3.05, 3.63) is 84.7 Å². The van der Waals surface area contributed by atoms with E-state index in [1.807, 2.05) is 0 Å². The molecule has 0 amide bonds. The van der Waals surface area contributed by atoms with Gasteiger partial charge in [0.05, 0.1) is 20.4 Å². The molecule has 0 aliphatic carbocycles. The normalized spacial score (nSPS) is 12.1. The number of benzene rings is 3. The molecule has 0 N–H and O–H groups in total. The lowest BCUT2D eigenvalue weighted by molar-refractivity contribution is 0.595. The fourth-order valence-corrected chi connectivity index (χ4v) is 6.33. The van der Waals surface area contributed by atoms with Gasteiger partial charge < -0.3 is 0 Å². The SMILES string of the molecule is CS(=O)(=O)c1ccc(-c2nc(S(=O)(=O)c3ccccc3)sc2-c2ccc(F)cc2)cc1. The summed E-state index contributed by atoms with van der Waals surface area (Å²) in [6.07, 6.45) is 1.11. The summed E-state index contributed by atoms with van der Waals surface area (Å²) in [7, 11) is -7.24. The molecule has 0 atom stereocenters. The summed E-state index contributed by atoms with van der Waals surface area (Å²) in [5.74, 6) is -0.413. The van der Waals surface area contributed by atoms with E-state index in [4.69, 9.17) is 0 Å². The highest BCUT2D eigenvalue weighted by molar-refractivity contribution is 7.93. The first-order valence-electron chi connectivity index (χ1n) is 9.04. The van der Waals surface area contributed by atoms with Gasteiger partial charge in [0.2, 0.25) is 14.2 Å². The average Bonchev–Trinajstić information content (AvgIpc) is 3.21. The highest BCUT2D eigenvalue weighted by Crippen LogP contribution is 2.40. The van der Waals surface area contributed by atoms with Crippen molar-refractivity contribution in [2.75, 3.05) is 6.26 Å². The Balaban J connectivity index is 1.90. The lowest BCUT2D eigenvalue weighted by Gasteiger charge is -2.04. The zero-order valence-corrected chi connectivity index (χ0v) is 18.6. The van der Waals surface area contributed by atoms with Crippen LogP contribution in [0.3, 0.4) is 0 Å². The zero-order chi connectivity index (χ0) is 22.2. The first-order valence-corrected chi connectivity index (χ1v) is 13.2. The molecule has 5 nitrogen and oxygen atoms in total. The maximum absolute atomic E-state index is 13.4. The van der Waals surface area contributed by atoms with Crippen LogP contribution in [0.5, 0.6) is 0 Å². The summed E-state index contributed by atoms with van der Waals surface area (Å²) >= 11 is 0.985. The van der Waals surface area contributed by atoms with Crippen molar-refractivity contribution in [2.24, 2.45) is 0 Å². The molecule has 0 spiro atoms. The van der Waals surface area contributed by atoms with Crippen LogP contribution in [-0.4, -0.2) is 28.1 Å². The molecule has 31 heavy (non-hydrogen) atoms. The van der Waals surface area contributed by atoms with Crippen LogP contribution in [0.1, 0.15) is 0 Å². The second kappa shape index (κ2) is 7.99. The molecule has 0 unspecified atom stereocenters. The molecule has 0 bridgehead atoms. The third-order valence-electron chi connectivity index (χ3n) is 4.55. The number of thiazole rings is 1. The van der Waals surface area contributed by atoms with E-state index in [-0.39, 0.29) is 14.1 Å². The topological polar surface area (TPSA) is 81.2 Å². The van der Waals surface area contributed by atoms with E-state index in [2.05, 4.69) is 4.98 Å². The maximum Gasteiger partial charge on any atom is 0.233 e. The Hall–Kier alpha value is -2.88. The highest BCUT2D eigenvalue weighted by Gasteiger charge is 2.26. The van der Waals surface area contributed by atoms with Crippen molar-refractivity contribution >= 4 is 31.0 Å². The molecule has 4 aromatic rings. The second-order valence-corrected chi connectivity index (χ2v) is 11.9. The third-order valence-corrected chi connectivity index (χ3v) is 8.93. The minimum absolute atomic E-state index is 0.0970. The van der Waals surface area contributed by atoms with Crippen LogP contribution in [0.25, 0.3) is 21.7 Å². The molecule has 1 heterocycles. The monoisotopic (exact) mass is 473 g/mol. The van der Waals surface area contributed by atoms with Gasteiger partial charge in [-0.05, 0) is 42.0 Å². The number of nitrogens with zero attached hydrogens (tertiary/aromatic N) is 1. The Morgan fingerprint density at radius 1 is 0.742 bits per heavy atom. The minimum atomic E-state index is -3.86. The summed E-state index contributed by atoms with van der Waals surface area (Å²) in [4.78, 5) is 5.21. The highest BCUT2D eigenvalue weighted by atomic mass is 32.2. The quantitative estimate of drug-likeness (QED) is 0.414. The summed E-state index contributed by atoms with van der Waals surface area (Å²) < 4.78 is 63.1. The number of rotatable bonds is 5. The summed E-state index contributed by atoms with van der Waals surface area (Å²) in [6.45, 7) is 0. The summed E-state index contributed by atoms with van der Waals surface area (Å²) in [6, 6.07) is 19.7. The van der Waals surface area contributed by atoms with Crippen LogP contribution in [0.4, 0.5) is 4.39 Å². The van der Waals surface area contributed by atoms with Crippen LogP contribution in [0, 0.1) is 5.82 Å². The largest absolute Gasteiger partial charge is 0.233 e. The Bertz CT molecular complexity index is 1440. The van der Waals surface area contributed by atoms with Crippen LogP contribution in [0.15, 0.2) is 93.0 Å². The molecule has 0 aliphatic heterocycles. The number of hydrogen-bond acceptors (Lipinski definition) is 6. The zero-order valence-electron chi connectivity index (χ0n) is 16.2. The van der Waals surface area contributed by atoms with E-state index in [9.17, 15) is 21.2 Å². The lowest BCUT2D eigenvalue weighted by Crippen LogP contribution is -2.01. The third kappa shape index (κ3) is 4.30. The van der Waals surface area contributed by atoms with Gasteiger partial charge in [-0.3, -0.25) is 0 Å². The van der Waals surface area contributed by atoms with Crippen molar-refractivity contribution in [3.8, 4) is 21.7 Å². The Kier molecular flexibility index (Phi) is 5.50. The van der Waals surface area contributed by atoms with Crippen LogP contribution >= 0.6 is 11.3 Å². The van der Waals surface area contributed by atoms with Gasteiger partial charge in [0.15, 0.2) is 9.84 Å². The van der Waals surface area contributed by atoms with Gasteiger partial charge in [-0.25, -0.2) is 26.2 Å². The van der Waals surface area contributed by atoms with E-state index in [0.29, 0.717) is 21.7 Å². The van der Waals surface area contributed by atoms with Crippen LogP contribution in [0.2, 0.25) is 0 Å². The van der Waals surface area contributed by atoms with Gasteiger partial charge in [-0.1, -0.05) is 42.5 Å². The molecule has 0 aliphatic rings. The van der Waals surface area contributed by atoms with Crippen LogP contribution in [-0.2, 0) is 19.7 Å². The average molecular weight is 474 g/mol. The van der Waals surface area contributed by atoms with E-state index in [1.165, 1.54) is 36.4 Å². The predicted octanol–water partition coefficient (Wildman–Crippen LogP) is 4.85. The Morgan fingerprint density at radius 2 is 1.32 bits per heavy atom. The number of sulfone groups is 2. The molecule has 1 aromatic heterocycles. The fourth-order valence-electron chi connectivity index (χ4n) is 2.97. The van der Waals surface area contributed by atoms with Crippen molar-refractivity contribution in [1.29, 1.82) is 0 Å². The van der Waals surface area contributed by atoms with Gasteiger partial charge in [0.25, 0.3) is 0 Å². The Labute approximate surface area is 183 Å². The second-order valence-electron chi connectivity index (χ2n) is 6.78. The molecule has 4 rings (SSSR count). The van der Waals surface area contributed by atoms with Gasteiger partial charge in [0.1, 0.15) is 5.82 Å². The van der Waals surface area contributed by atoms with Crippen molar-refractivity contribution in [1.82, 2.24) is 4.98 Å². The van der Waals surface area contributed by atoms with Crippen molar-refractivity contribution in [3.63, 3.8) is 0 Å². The molecule has 158 valence electrons. The molecule has 0 fully saturated rings. The first kappa shape index (κ1) is 21.4. The number of aromatic nitrogens is 1. The minimum Gasteiger partial charge on any atom is -0.224 e.